The SMILES string of the molecule is CNc1ccc2cc(S(=O)(=O)Nc3cnns3)ccc2n1. The van der Waals surface area contributed by atoms with Crippen molar-refractivity contribution in [1.82, 2.24) is 14.6 Å². The Morgan fingerprint density at radius 3 is 2.76 bits per heavy atom. The molecule has 0 saturated carbocycles. The Balaban J connectivity index is 2.00. The van der Waals surface area contributed by atoms with Gasteiger partial charge in [0.2, 0.25) is 0 Å². The van der Waals surface area contributed by atoms with Crippen LogP contribution in [0.1, 0.15) is 0 Å². The predicted molar refractivity (Wildman–Crippen MR) is 82.0 cm³/mol. The molecule has 2 aromatic heterocycles. The zero-order chi connectivity index (χ0) is 14.9. The number of nitrogens with one attached hydrogen (secondary N) is 2. The molecule has 0 unspecified atom stereocenters. The highest BCUT2D eigenvalue weighted by atomic mass is 32.2. The molecule has 0 atom stereocenters. The second-order valence-corrected chi connectivity index (χ2v) is 6.66. The number of sulfonamides is 1. The third-order valence-corrected chi connectivity index (χ3v) is 4.90. The summed E-state index contributed by atoms with van der Waals surface area (Å²) in [5.74, 6) is 0.729. The van der Waals surface area contributed by atoms with Gasteiger partial charge in [0.05, 0.1) is 16.6 Å². The van der Waals surface area contributed by atoms with Crippen LogP contribution in [0.2, 0.25) is 0 Å². The number of aromatic nitrogens is 3. The van der Waals surface area contributed by atoms with Gasteiger partial charge in [0.15, 0.2) is 0 Å². The predicted octanol–water partition coefficient (Wildman–Crippen LogP) is 1.93. The van der Waals surface area contributed by atoms with E-state index in [-0.39, 0.29) is 4.90 Å². The molecular weight excluding hydrogens is 310 g/mol. The van der Waals surface area contributed by atoms with Gasteiger partial charge in [-0.1, -0.05) is 4.49 Å². The van der Waals surface area contributed by atoms with Crippen LogP contribution >= 0.6 is 11.5 Å². The van der Waals surface area contributed by atoms with Crippen molar-refractivity contribution in [3.63, 3.8) is 0 Å². The molecule has 0 amide bonds. The van der Waals surface area contributed by atoms with Crippen LogP contribution in [0.3, 0.4) is 0 Å². The summed E-state index contributed by atoms with van der Waals surface area (Å²) < 4.78 is 30.6. The molecule has 0 fully saturated rings. The molecule has 9 heteroatoms. The van der Waals surface area contributed by atoms with Crippen molar-refractivity contribution in [2.45, 2.75) is 4.90 Å². The highest BCUT2D eigenvalue weighted by Crippen LogP contribution is 2.22. The summed E-state index contributed by atoms with van der Waals surface area (Å²) in [4.78, 5) is 4.52. The van der Waals surface area contributed by atoms with Gasteiger partial charge in [0, 0.05) is 24.0 Å². The normalized spacial score (nSPS) is 11.5. The minimum atomic E-state index is -3.65. The first-order valence-electron chi connectivity index (χ1n) is 5.97. The summed E-state index contributed by atoms with van der Waals surface area (Å²) >= 11 is 0.981. The van der Waals surface area contributed by atoms with E-state index in [9.17, 15) is 8.42 Å². The molecule has 0 aliphatic rings. The fourth-order valence-corrected chi connectivity index (χ4v) is 3.53. The molecule has 3 aromatic rings. The van der Waals surface area contributed by atoms with Crippen molar-refractivity contribution in [2.75, 3.05) is 17.1 Å². The molecule has 3 rings (SSSR count). The van der Waals surface area contributed by atoms with Crippen LogP contribution in [-0.2, 0) is 10.0 Å². The average Bonchev–Trinajstić information content (AvgIpc) is 2.98. The fourth-order valence-electron chi connectivity index (χ4n) is 1.81. The van der Waals surface area contributed by atoms with E-state index in [0.29, 0.717) is 5.00 Å². The quantitative estimate of drug-likeness (QED) is 0.762. The molecule has 21 heavy (non-hydrogen) atoms. The largest absolute Gasteiger partial charge is 0.373 e. The second-order valence-electron chi connectivity index (χ2n) is 4.19. The molecule has 0 aliphatic carbocycles. The number of hydrogen-bond acceptors (Lipinski definition) is 7. The van der Waals surface area contributed by atoms with Crippen molar-refractivity contribution in [1.29, 1.82) is 0 Å². The summed E-state index contributed by atoms with van der Waals surface area (Å²) in [7, 11) is -1.88. The molecule has 0 radical (unpaired) electrons. The monoisotopic (exact) mass is 321 g/mol. The summed E-state index contributed by atoms with van der Waals surface area (Å²) in [6.07, 6.45) is 1.37. The maximum absolute atomic E-state index is 12.3. The van der Waals surface area contributed by atoms with Crippen molar-refractivity contribution < 1.29 is 8.42 Å². The van der Waals surface area contributed by atoms with Gasteiger partial charge in [-0.05, 0) is 30.3 Å². The first-order chi connectivity index (χ1) is 10.1. The van der Waals surface area contributed by atoms with Crippen LogP contribution in [-0.4, -0.2) is 30.0 Å². The molecule has 1 aromatic carbocycles. The van der Waals surface area contributed by atoms with Gasteiger partial charge >= 0.3 is 0 Å². The summed E-state index contributed by atoms with van der Waals surface area (Å²) in [6, 6.07) is 8.39. The van der Waals surface area contributed by atoms with E-state index in [4.69, 9.17) is 0 Å². The fraction of sp³-hybridized carbons (Fsp3) is 0.0833. The molecule has 0 spiro atoms. The molecule has 0 saturated heterocycles. The second kappa shape index (κ2) is 5.26. The van der Waals surface area contributed by atoms with Gasteiger partial charge in [-0.15, -0.1) is 5.10 Å². The maximum atomic E-state index is 12.3. The zero-order valence-electron chi connectivity index (χ0n) is 10.9. The lowest BCUT2D eigenvalue weighted by Crippen LogP contribution is -2.12. The van der Waals surface area contributed by atoms with Crippen molar-refractivity contribution in [2.24, 2.45) is 0 Å². The van der Waals surface area contributed by atoms with E-state index in [1.54, 1.807) is 25.2 Å². The Morgan fingerprint density at radius 1 is 1.19 bits per heavy atom. The maximum Gasteiger partial charge on any atom is 0.262 e. The third kappa shape index (κ3) is 2.78. The highest BCUT2D eigenvalue weighted by molar-refractivity contribution is 7.93. The minimum Gasteiger partial charge on any atom is -0.373 e. The van der Waals surface area contributed by atoms with Gasteiger partial charge in [0.25, 0.3) is 10.0 Å². The summed E-state index contributed by atoms with van der Waals surface area (Å²) in [5, 5.41) is 7.66. The smallest absolute Gasteiger partial charge is 0.262 e. The van der Waals surface area contributed by atoms with Crippen LogP contribution in [0.5, 0.6) is 0 Å². The summed E-state index contributed by atoms with van der Waals surface area (Å²) in [6.45, 7) is 0. The van der Waals surface area contributed by atoms with Crippen LogP contribution in [0.25, 0.3) is 10.9 Å². The highest BCUT2D eigenvalue weighted by Gasteiger charge is 2.16. The standard InChI is InChI=1S/C12H11N5O2S2/c1-13-11-5-2-8-6-9(3-4-10(8)15-11)21(18,19)16-12-7-14-17-20-12/h2-7,16H,1H3,(H,13,15). The Morgan fingerprint density at radius 2 is 2.05 bits per heavy atom. The molecule has 2 heterocycles. The van der Waals surface area contributed by atoms with E-state index < -0.39 is 10.0 Å². The summed E-state index contributed by atoms with van der Waals surface area (Å²) in [5.41, 5.74) is 0.722. The number of fused-ring (bicyclic) bond motifs is 1. The van der Waals surface area contributed by atoms with Crippen LogP contribution < -0.4 is 10.0 Å². The first kappa shape index (κ1) is 13.7. The zero-order valence-corrected chi connectivity index (χ0v) is 12.6. The molecule has 2 N–H and O–H groups in total. The van der Waals surface area contributed by atoms with Gasteiger partial charge < -0.3 is 5.32 Å². The molecular formula is C12H11N5O2S2. The van der Waals surface area contributed by atoms with Gasteiger partial charge in [-0.25, -0.2) is 13.4 Å². The first-order valence-corrected chi connectivity index (χ1v) is 8.23. The lowest BCUT2D eigenvalue weighted by atomic mass is 10.2. The Labute approximate surface area is 125 Å². The van der Waals surface area contributed by atoms with Gasteiger partial charge in [0.1, 0.15) is 10.8 Å². The van der Waals surface area contributed by atoms with Crippen molar-refractivity contribution >= 4 is 43.3 Å². The average molecular weight is 321 g/mol. The molecule has 108 valence electrons. The van der Waals surface area contributed by atoms with E-state index >= 15 is 0 Å². The third-order valence-electron chi connectivity index (χ3n) is 2.82. The number of benzene rings is 1. The molecule has 7 nitrogen and oxygen atoms in total. The molecule has 0 bridgehead atoms. The van der Waals surface area contributed by atoms with Crippen LogP contribution in [0.15, 0.2) is 41.4 Å². The molecule has 0 aliphatic heterocycles. The van der Waals surface area contributed by atoms with Crippen molar-refractivity contribution in [3.05, 3.63) is 36.5 Å². The van der Waals surface area contributed by atoms with Crippen LogP contribution in [0, 0.1) is 0 Å². The van der Waals surface area contributed by atoms with Crippen molar-refractivity contribution in [3.8, 4) is 0 Å². The van der Waals surface area contributed by atoms with E-state index in [1.165, 1.54) is 12.3 Å². The number of nitrogens with zero attached hydrogens (tertiary/aromatic N) is 3. The van der Waals surface area contributed by atoms with E-state index in [1.807, 2.05) is 6.07 Å². The lowest BCUT2D eigenvalue weighted by molar-refractivity contribution is 0.601. The van der Waals surface area contributed by atoms with E-state index in [2.05, 4.69) is 24.6 Å². The Hall–Kier alpha value is -2.26. The van der Waals surface area contributed by atoms with Gasteiger partial charge in [-0.2, -0.15) is 0 Å². The van der Waals surface area contributed by atoms with Gasteiger partial charge in [-0.3, -0.25) is 4.72 Å². The number of hydrogen-bond donors (Lipinski definition) is 2. The Bertz CT molecular complexity index is 878. The lowest BCUT2D eigenvalue weighted by Gasteiger charge is -2.07. The van der Waals surface area contributed by atoms with Crippen LogP contribution in [0.4, 0.5) is 10.8 Å². The number of rotatable bonds is 4. The number of anilines is 2. The minimum absolute atomic E-state index is 0.169. The topological polar surface area (TPSA) is 96.9 Å². The van der Waals surface area contributed by atoms with E-state index in [0.717, 1.165) is 28.3 Å². The Kier molecular flexibility index (Phi) is 3.43. The number of pyridine rings is 1.